The molecule has 0 spiro atoms. The second-order valence-corrected chi connectivity index (χ2v) is 5.28. The number of rotatable bonds is 5. The molecule has 1 N–H and O–H groups in total. The maximum Gasteiger partial charge on any atom is 0.268 e. The summed E-state index contributed by atoms with van der Waals surface area (Å²) in [4.78, 5) is 26.0. The Balaban J connectivity index is 2.20. The smallest absolute Gasteiger partial charge is 0.268 e. The molecule has 2 rings (SSSR count). The van der Waals surface area contributed by atoms with E-state index < -0.39 is 6.10 Å². The van der Waals surface area contributed by atoms with Crippen LogP contribution in [0.15, 0.2) is 24.3 Å². The highest BCUT2D eigenvalue weighted by Crippen LogP contribution is 2.34. The van der Waals surface area contributed by atoms with Crippen LogP contribution in [0.4, 0.5) is 5.69 Å². The average Bonchev–Trinajstić information content (AvgIpc) is 2.49. The van der Waals surface area contributed by atoms with Gasteiger partial charge in [0.25, 0.3) is 5.91 Å². The summed E-state index contributed by atoms with van der Waals surface area (Å²) in [5.74, 6) is 0.347. The monoisotopic (exact) mass is 290 g/mol. The van der Waals surface area contributed by atoms with Gasteiger partial charge in [0.2, 0.25) is 5.91 Å². The molecule has 114 valence electrons. The van der Waals surface area contributed by atoms with E-state index in [0.29, 0.717) is 17.9 Å². The fourth-order valence-electron chi connectivity index (χ4n) is 2.26. The number of hydrogen-bond acceptors (Lipinski definition) is 3. The van der Waals surface area contributed by atoms with Crippen molar-refractivity contribution in [3.8, 4) is 5.75 Å². The summed E-state index contributed by atoms with van der Waals surface area (Å²) in [6, 6.07) is 7.42. The van der Waals surface area contributed by atoms with Gasteiger partial charge in [-0.3, -0.25) is 14.5 Å². The number of carbonyl (C=O) groups excluding carboxylic acids is 2. The van der Waals surface area contributed by atoms with E-state index in [1.807, 2.05) is 39.0 Å². The summed E-state index contributed by atoms with van der Waals surface area (Å²) in [6.45, 7) is 5.88. The van der Waals surface area contributed by atoms with Crippen molar-refractivity contribution in [2.45, 2.75) is 45.8 Å². The Labute approximate surface area is 125 Å². The van der Waals surface area contributed by atoms with Crippen molar-refractivity contribution >= 4 is 17.5 Å². The number of ether oxygens (including phenoxy) is 1. The number of anilines is 1. The van der Waals surface area contributed by atoms with Crippen molar-refractivity contribution in [3.63, 3.8) is 0 Å². The summed E-state index contributed by atoms with van der Waals surface area (Å²) in [5, 5.41) is 2.89. The van der Waals surface area contributed by atoms with E-state index in [1.54, 1.807) is 6.07 Å². The SMILES string of the molecule is CC[C@@H](C)NC(=O)CN1C(=O)[C@H](CC)Oc2ccccc21. The van der Waals surface area contributed by atoms with Crippen molar-refractivity contribution < 1.29 is 14.3 Å². The zero-order chi connectivity index (χ0) is 15.4. The minimum Gasteiger partial charge on any atom is -0.478 e. The van der Waals surface area contributed by atoms with Crippen molar-refractivity contribution in [3.05, 3.63) is 24.3 Å². The molecule has 5 nitrogen and oxygen atoms in total. The number of benzene rings is 1. The van der Waals surface area contributed by atoms with Gasteiger partial charge >= 0.3 is 0 Å². The predicted octanol–water partition coefficient (Wildman–Crippen LogP) is 2.11. The Bertz CT molecular complexity index is 530. The van der Waals surface area contributed by atoms with Crippen molar-refractivity contribution in [2.24, 2.45) is 0 Å². The average molecular weight is 290 g/mol. The number of para-hydroxylation sites is 2. The highest BCUT2D eigenvalue weighted by Gasteiger charge is 2.34. The van der Waals surface area contributed by atoms with Crippen LogP contribution >= 0.6 is 0 Å². The second-order valence-electron chi connectivity index (χ2n) is 5.28. The molecule has 1 aliphatic heterocycles. The summed E-state index contributed by atoms with van der Waals surface area (Å²) >= 11 is 0. The molecule has 5 heteroatoms. The van der Waals surface area contributed by atoms with Gasteiger partial charge in [0.1, 0.15) is 12.3 Å². The van der Waals surface area contributed by atoms with Crippen LogP contribution in [0.25, 0.3) is 0 Å². The predicted molar refractivity (Wildman–Crippen MR) is 81.4 cm³/mol. The first-order valence-corrected chi connectivity index (χ1v) is 7.43. The van der Waals surface area contributed by atoms with Gasteiger partial charge in [-0.2, -0.15) is 0 Å². The van der Waals surface area contributed by atoms with E-state index in [0.717, 1.165) is 6.42 Å². The van der Waals surface area contributed by atoms with Crippen LogP contribution in [0.5, 0.6) is 5.75 Å². The van der Waals surface area contributed by atoms with Gasteiger partial charge < -0.3 is 10.1 Å². The van der Waals surface area contributed by atoms with Crippen LogP contribution in [-0.2, 0) is 9.59 Å². The quantitative estimate of drug-likeness (QED) is 0.903. The van der Waals surface area contributed by atoms with E-state index in [-0.39, 0.29) is 24.4 Å². The molecule has 1 aromatic carbocycles. The molecular weight excluding hydrogens is 268 g/mol. The first kappa shape index (κ1) is 15.4. The van der Waals surface area contributed by atoms with Gasteiger partial charge in [-0.05, 0) is 31.9 Å². The van der Waals surface area contributed by atoms with Gasteiger partial charge in [-0.25, -0.2) is 0 Å². The maximum absolute atomic E-state index is 12.4. The Hall–Kier alpha value is -2.04. The lowest BCUT2D eigenvalue weighted by atomic mass is 10.1. The first-order valence-electron chi connectivity index (χ1n) is 7.43. The van der Waals surface area contributed by atoms with Gasteiger partial charge in [0, 0.05) is 6.04 Å². The van der Waals surface area contributed by atoms with Crippen molar-refractivity contribution in [1.82, 2.24) is 5.32 Å². The Morgan fingerprint density at radius 1 is 1.38 bits per heavy atom. The lowest BCUT2D eigenvalue weighted by molar-refractivity contribution is -0.129. The lowest BCUT2D eigenvalue weighted by Crippen LogP contribution is -2.50. The van der Waals surface area contributed by atoms with E-state index in [2.05, 4.69) is 5.32 Å². The molecule has 1 heterocycles. The molecule has 0 fully saturated rings. The third kappa shape index (κ3) is 3.35. The van der Waals surface area contributed by atoms with E-state index in [9.17, 15) is 9.59 Å². The molecule has 0 aromatic heterocycles. The third-order valence-electron chi connectivity index (χ3n) is 3.66. The molecule has 1 aliphatic rings. The molecule has 0 saturated heterocycles. The summed E-state index contributed by atoms with van der Waals surface area (Å²) in [5.41, 5.74) is 0.659. The zero-order valence-corrected chi connectivity index (χ0v) is 12.8. The summed E-state index contributed by atoms with van der Waals surface area (Å²) < 4.78 is 5.68. The van der Waals surface area contributed by atoms with Crippen LogP contribution < -0.4 is 15.0 Å². The highest BCUT2D eigenvalue weighted by molar-refractivity contribution is 6.03. The van der Waals surface area contributed by atoms with Crippen LogP contribution in [0.1, 0.15) is 33.6 Å². The highest BCUT2D eigenvalue weighted by atomic mass is 16.5. The molecular formula is C16H22N2O3. The molecule has 21 heavy (non-hydrogen) atoms. The molecule has 2 amide bonds. The van der Waals surface area contributed by atoms with Crippen LogP contribution in [-0.4, -0.2) is 30.5 Å². The lowest BCUT2D eigenvalue weighted by Gasteiger charge is -2.33. The zero-order valence-electron chi connectivity index (χ0n) is 12.8. The number of nitrogens with zero attached hydrogens (tertiary/aromatic N) is 1. The summed E-state index contributed by atoms with van der Waals surface area (Å²) in [7, 11) is 0. The standard InChI is InChI=1S/C16H22N2O3/c1-4-11(3)17-15(19)10-18-12-8-6-7-9-14(12)21-13(5-2)16(18)20/h6-9,11,13H,4-5,10H2,1-3H3,(H,17,19)/t11-,13+/m1/s1. The van der Waals surface area contributed by atoms with Crippen LogP contribution in [0.3, 0.4) is 0 Å². The fraction of sp³-hybridized carbons (Fsp3) is 0.500. The second kappa shape index (κ2) is 6.61. The van der Waals surface area contributed by atoms with E-state index >= 15 is 0 Å². The minimum absolute atomic E-state index is 0.0278. The Kier molecular flexibility index (Phi) is 4.83. The summed E-state index contributed by atoms with van der Waals surface area (Å²) in [6.07, 6.45) is 0.921. The minimum atomic E-state index is -0.517. The number of carbonyl (C=O) groups is 2. The molecule has 0 bridgehead atoms. The fourth-order valence-corrected chi connectivity index (χ4v) is 2.26. The van der Waals surface area contributed by atoms with Gasteiger partial charge in [-0.15, -0.1) is 0 Å². The van der Waals surface area contributed by atoms with Crippen LogP contribution in [0.2, 0.25) is 0 Å². The molecule has 0 aliphatic carbocycles. The van der Waals surface area contributed by atoms with Crippen molar-refractivity contribution in [2.75, 3.05) is 11.4 Å². The maximum atomic E-state index is 12.4. The molecule has 0 unspecified atom stereocenters. The number of hydrogen-bond donors (Lipinski definition) is 1. The van der Waals surface area contributed by atoms with Gasteiger partial charge in [0.15, 0.2) is 6.10 Å². The van der Waals surface area contributed by atoms with E-state index in [4.69, 9.17) is 4.74 Å². The molecule has 2 atom stereocenters. The van der Waals surface area contributed by atoms with Gasteiger partial charge in [0.05, 0.1) is 5.69 Å². The first-order chi connectivity index (χ1) is 10.1. The van der Waals surface area contributed by atoms with Crippen LogP contribution in [0, 0.1) is 0 Å². The molecule has 0 saturated carbocycles. The molecule has 1 aromatic rings. The Morgan fingerprint density at radius 2 is 2.10 bits per heavy atom. The van der Waals surface area contributed by atoms with Gasteiger partial charge in [-0.1, -0.05) is 26.0 Å². The number of fused-ring (bicyclic) bond motifs is 1. The molecule has 0 radical (unpaired) electrons. The number of amides is 2. The normalized spacial score (nSPS) is 18.7. The largest absolute Gasteiger partial charge is 0.478 e. The van der Waals surface area contributed by atoms with E-state index in [1.165, 1.54) is 4.90 Å². The third-order valence-corrected chi connectivity index (χ3v) is 3.66. The number of nitrogens with one attached hydrogen (secondary N) is 1. The Morgan fingerprint density at radius 3 is 2.76 bits per heavy atom. The van der Waals surface area contributed by atoms with Crippen molar-refractivity contribution in [1.29, 1.82) is 0 Å². The topological polar surface area (TPSA) is 58.6 Å².